The fourth-order valence-electron chi connectivity index (χ4n) is 1.85. The minimum atomic E-state index is 0. The first kappa shape index (κ1) is 14.8. The highest BCUT2D eigenvalue weighted by molar-refractivity contribution is 7.13. The van der Waals surface area contributed by atoms with Crippen LogP contribution in [0.1, 0.15) is 22.2 Å². The van der Waals surface area contributed by atoms with Crippen LogP contribution >= 0.6 is 35.3 Å². The normalized spacial score (nSPS) is 19.9. The van der Waals surface area contributed by atoms with Gasteiger partial charge in [0.1, 0.15) is 4.88 Å². The van der Waals surface area contributed by atoms with Crippen molar-refractivity contribution in [2.45, 2.75) is 19.9 Å². The Morgan fingerprint density at radius 3 is 2.88 bits per heavy atom. The standard InChI is InChI=1S/C11H15ClN2OS.ClH/c1-7-6-16-10(9(7)12)11(15)14-4-3-13-5-8(14)2;/h6,8,13H,3-5H2,1-2H3;1H/t8-;/m1./s1. The maximum Gasteiger partial charge on any atom is 0.265 e. The average molecular weight is 295 g/mol. The van der Waals surface area contributed by atoms with Crippen LogP contribution in [0.15, 0.2) is 5.38 Å². The third kappa shape index (κ3) is 2.94. The highest BCUT2D eigenvalue weighted by Gasteiger charge is 2.26. The van der Waals surface area contributed by atoms with Crippen molar-refractivity contribution in [3.8, 4) is 0 Å². The topological polar surface area (TPSA) is 32.3 Å². The fourth-order valence-corrected chi connectivity index (χ4v) is 3.08. The van der Waals surface area contributed by atoms with Crippen LogP contribution in [0.2, 0.25) is 5.02 Å². The Morgan fingerprint density at radius 2 is 2.35 bits per heavy atom. The molecule has 1 fully saturated rings. The van der Waals surface area contributed by atoms with Gasteiger partial charge in [0.15, 0.2) is 0 Å². The molecule has 0 bridgehead atoms. The molecule has 3 nitrogen and oxygen atoms in total. The van der Waals surface area contributed by atoms with Crippen LogP contribution in [0.5, 0.6) is 0 Å². The van der Waals surface area contributed by atoms with Gasteiger partial charge in [-0.15, -0.1) is 23.7 Å². The summed E-state index contributed by atoms with van der Waals surface area (Å²) in [4.78, 5) is 14.8. The largest absolute Gasteiger partial charge is 0.333 e. The second-order valence-electron chi connectivity index (χ2n) is 4.11. The minimum absolute atomic E-state index is 0. The van der Waals surface area contributed by atoms with Crippen LogP contribution in [0.3, 0.4) is 0 Å². The lowest BCUT2D eigenvalue weighted by Crippen LogP contribution is -2.52. The second kappa shape index (κ2) is 6.05. The molecule has 2 rings (SSSR count). The molecule has 1 aromatic rings. The number of piperazine rings is 1. The van der Waals surface area contributed by atoms with E-state index in [4.69, 9.17) is 11.6 Å². The molecule has 2 heterocycles. The molecule has 1 amide bonds. The molecule has 0 saturated carbocycles. The molecule has 0 spiro atoms. The summed E-state index contributed by atoms with van der Waals surface area (Å²) in [5.41, 5.74) is 0.984. The Labute approximate surface area is 117 Å². The van der Waals surface area contributed by atoms with Gasteiger partial charge in [-0.1, -0.05) is 11.6 Å². The second-order valence-corrected chi connectivity index (χ2v) is 5.37. The first-order valence-electron chi connectivity index (χ1n) is 5.36. The Kier molecular flexibility index (Phi) is 5.25. The maximum atomic E-state index is 12.3. The fraction of sp³-hybridized carbons (Fsp3) is 0.545. The predicted octanol–water partition coefficient (Wildman–Crippen LogP) is 2.57. The molecular formula is C11H16Cl2N2OS. The van der Waals surface area contributed by atoms with Gasteiger partial charge in [0.2, 0.25) is 0 Å². The average Bonchev–Trinajstić information content (AvgIpc) is 2.60. The highest BCUT2D eigenvalue weighted by Crippen LogP contribution is 2.28. The molecule has 1 N–H and O–H groups in total. The van der Waals surface area contributed by atoms with Crippen LogP contribution in [0.25, 0.3) is 0 Å². The lowest BCUT2D eigenvalue weighted by atomic mass is 10.2. The molecule has 6 heteroatoms. The van der Waals surface area contributed by atoms with Crippen LogP contribution in [0.4, 0.5) is 0 Å². The van der Waals surface area contributed by atoms with Gasteiger partial charge >= 0.3 is 0 Å². The van der Waals surface area contributed by atoms with E-state index in [0.717, 1.165) is 25.2 Å². The number of hydrogen-bond donors (Lipinski definition) is 1. The molecule has 0 radical (unpaired) electrons. The number of nitrogens with zero attached hydrogens (tertiary/aromatic N) is 1. The molecule has 1 atom stereocenters. The number of nitrogens with one attached hydrogen (secondary N) is 1. The molecule has 96 valence electrons. The van der Waals surface area contributed by atoms with Crippen molar-refractivity contribution >= 4 is 41.3 Å². The lowest BCUT2D eigenvalue weighted by molar-refractivity contribution is 0.0661. The number of carbonyl (C=O) groups excluding carboxylic acids is 1. The molecular weight excluding hydrogens is 279 g/mol. The number of aryl methyl sites for hydroxylation is 1. The van der Waals surface area contributed by atoms with Gasteiger partial charge in [-0.3, -0.25) is 4.79 Å². The molecule has 0 unspecified atom stereocenters. The summed E-state index contributed by atoms with van der Waals surface area (Å²) in [7, 11) is 0. The van der Waals surface area contributed by atoms with E-state index in [1.165, 1.54) is 11.3 Å². The molecule has 0 aliphatic carbocycles. The number of carbonyl (C=O) groups is 1. The minimum Gasteiger partial charge on any atom is -0.333 e. The number of amides is 1. The third-order valence-electron chi connectivity index (χ3n) is 2.86. The molecule has 1 saturated heterocycles. The van der Waals surface area contributed by atoms with Crippen molar-refractivity contribution in [3.63, 3.8) is 0 Å². The number of rotatable bonds is 1. The summed E-state index contributed by atoms with van der Waals surface area (Å²) >= 11 is 7.55. The quantitative estimate of drug-likeness (QED) is 0.863. The van der Waals surface area contributed by atoms with Crippen molar-refractivity contribution in [2.75, 3.05) is 19.6 Å². The van der Waals surface area contributed by atoms with E-state index in [9.17, 15) is 4.79 Å². The molecule has 1 aliphatic rings. The Balaban J connectivity index is 0.00000144. The van der Waals surface area contributed by atoms with Gasteiger partial charge in [-0.05, 0) is 24.8 Å². The highest BCUT2D eigenvalue weighted by atomic mass is 35.5. The Bertz CT molecular complexity index is 408. The molecule has 1 aromatic heterocycles. The van der Waals surface area contributed by atoms with Crippen molar-refractivity contribution in [1.82, 2.24) is 10.2 Å². The summed E-state index contributed by atoms with van der Waals surface area (Å²) in [5.74, 6) is 0.0668. The van der Waals surface area contributed by atoms with Crippen LogP contribution < -0.4 is 5.32 Å². The van der Waals surface area contributed by atoms with Crippen molar-refractivity contribution in [1.29, 1.82) is 0 Å². The van der Waals surface area contributed by atoms with E-state index in [1.54, 1.807) is 0 Å². The van der Waals surface area contributed by atoms with Crippen LogP contribution in [-0.2, 0) is 0 Å². The van der Waals surface area contributed by atoms with E-state index in [2.05, 4.69) is 12.2 Å². The van der Waals surface area contributed by atoms with E-state index in [1.807, 2.05) is 17.2 Å². The third-order valence-corrected chi connectivity index (χ3v) is 4.54. The number of hydrogen-bond acceptors (Lipinski definition) is 3. The van der Waals surface area contributed by atoms with E-state index in [0.29, 0.717) is 9.90 Å². The molecule has 1 aliphatic heterocycles. The van der Waals surface area contributed by atoms with Gasteiger partial charge in [0, 0.05) is 25.7 Å². The van der Waals surface area contributed by atoms with Gasteiger partial charge < -0.3 is 10.2 Å². The summed E-state index contributed by atoms with van der Waals surface area (Å²) in [6, 6.07) is 0.236. The van der Waals surface area contributed by atoms with Crippen molar-refractivity contribution in [3.05, 3.63) is 20.8 Å². The van der Waals surface area contributed by atoms with Gasteiger partial charge in [-0.2, -0.15) is 0 Å². The van der Waals surface area contributed by atoms with Gasteiger partial charge in [-0.25, -0.2) is 0 Å². The summed E-state index contributed by atoms with van der Waals surface area (Å²) in [6.45, 7) is 6.45. The first-order chi connectivity index (χ1) is 7.61. The van der Waals surface area contributed by atoms with E-state index >= 15 is 0 Å². The zero-order chi connectivity index (χ0) is 11.7. The SMILES string of the molecule is Cc1csc(C(=O)N2CCNC[C@H]2C)c1Cl.Cl. The maximum absolute atomic E-state index is 12.3. The Hall–Kier alpha value is -0.290. The smallest absolute Gasteiger partial charge is 0.265 e. The summed E-state index contributed by atoms with van der Waals surface area (Å²) in [5, 5.41) is 5.81. The zero-order valence-corrected chi connectivity index (χ0v) is 12.2. The first-order valence-corrected chi connectivity index (χ1v) is 6.62. The predicted molar refractivity (Wildman–Crippen MR) is 74.7 cm³/mol. The lowest BCUT2D eigenvalue weighted by Gasteiger charge is -2.33. The van der Waals surface area contributed by atoms with Crippen molar-refractivity contribution < 1.29 is 4.79 Å². The number of thiophene rings is 1. The summed E-state index contributed by atoms with van der Waals surface area (Å²) < 4.78 is 0. The summed E-state index contributed by atoms with van der Waals surface area (Å²) in [6.07, 6.45) is 0. The van der Waals surface area contributed by atoms with Crippen molar-refractivity contribution in [2.24, 2.45) is 0 Å². The van der Waals surface area contributed by atoms with E-state index < -0.39 is 0 Å². The molecule has 0 aromatic carbocycles. The van der Waals surface area contributed by atoms with Gasteiger partial charge in [0.05, 0.1) is 5.02 Å². The molecule has 17 heavy (non-hydrogen) atoms. The number of halogens is 2. The monoisotopic (exact) mass is 294 g/mol. The van der Waals surface area contributed by atoms with E-state index in [-0.39, 0.29) is 24.4 Å². The van der Waals surface area contributed by atoms with Crippen LogP contribution in [-0.4, -0.2) is 36.5 Å². The Morgan fingerprint density at radius 1 is 1.65 bits per heavy atom. The zero-order valence-electron chi connectivity index (χ0n) is 9.83. The van der Waals surface area contributed by atoms with Gasteiger partial charge in [0.25, 0.3) is 5.91 Å². The van der Waals surface area contributed by atoms with Crippen LogP contribution in [0, 0.1) is 6.92 Å².